The Hall–Kier alpha value is -1.87. The highest BCUT2D eigenvalue weighted by atomic mass is 19.1. The fourth-order valence-electron chi connectivity index (χ4n) is 2.55. The highest BCUT2D eigenvalue weighted by molar-refractivity contribution is 5.66. The fourth-order valence-corrected chi connectivity index (χ4v) is 2.55. The molecule has 21 heavy (non-hydrogen) atoms. The largest absolute Gasteiger partial charge is 0.493 e. The van der Waals surface area contributed by atoms with Crippen LogP contribution in [0.25, 0.3) is 11.1 Å². The van der Waals surface area contributed by atoms with Gasteiger partial charge in [0.25, 0.3) is 0 Å². The van der Waals surface area contributed by atoms with E-state index >= 15 is 0 Å². The molecule has 1 aliphatic heterocycles. The van der Waals surface area contributed by atoms with Gasteiger partial charge in [-0.2, -0.15) is 0 Å². The summed E-state index contributed by atoms with van der Waals surface area (Å²) in [4.78, 5) is 0. The van der Waals surface area contributed by atoms with Crippen LogP contribution in [0.15, 0.2) is 36.4 Å². The molecule has 110 valence electrons. The monoisotopic (exact) mass is 285 g/mol. The van der Waals surface area contributed by atoms with Crippen molar-refractivity contribution >= 4 is 0 Å². The zero-order valence-electron chi connectivity index (χ0n) is 12.4. The summed E-state index contributed by atoms with van der Waals surface area (Å²) < 4.78 is 19.7. The van der Waals surface area contributed by atoms with Crippen LogP contribution >= 0.6 is 0 Å². The van der Waals surface area contributed by atoms with E-state index in [0.29, 0.717) is 18.2 Å². The van der Waals surface area contributed by atoms with Gasteiger partial charge in [-0.1, -0.05) is 32.0 Å². The Balaban J connectivity index is 1.84. The summed E-state index contributed by atoms with van der Waals surface area (Å²) in [6.45, 7) is 5.41. The van der Waals surface area contributed by atoms with Crippen LogP contribution in [0.3, 0.4) is 0 Å². The van der Waals surface area contributed by atoms with Gasteiger partial charge in [-0.3, -0.25) is 0 Å². The third-order valence-electron chi connectivity index (χ3n) is 3.78. The third kappa shape index (κ3) is 3.08. The van der Waals surface area contributed by atoms with E-state index in [1.165, 1.54) is 5.56 Å². The molecule has 0 saturated carbocycles. The van der Waals surface area contributed by atoms with Gasteiger partial charge < -0.3 is 10.1 Å². The molecule has 1 aliphatic rings. The quantitative estimate of drug-likeness (QED) is 0.919. The van der Waals surface area contributed by atoms with E-state index < -0.39 is 0 Å². The Morgan fingerprint density at radius 2 is 1.90 bits per heavy atom. The van der Waals surface area contributed by atoms with E-state index in [1.54, 1.807) is 6.07 Å². The molecule has 0 amide bonds. The summed E-state index contributed by atoms with van der Waals surface area (Å²) in [5.41, 5.74) is 3.87. The van der Waals surface area contributed by atoms with Crippen molar-refractivity contribution in [1.82, 2.24) is 5.32 Å². The first-order valence-corrected chi connectivity index (χ1v) is 7.41. The molecule has 0 aliphatic carbocycles. The summed E-state index contributed by atoms with van der Waals surface area (Å²) >= 11 is 0. The lowest BCUT2D eigenvalue weighted by atomic mass is 10.0. The Kier molecular flexibility index (Phi) is 3.93. The molecule has 2 aromatic rings. The number of nitrogens with one attached hydrogen (secondary N) is 1. The Morgan fingerprint density at radius 3 is 2.67 bits per heavy atom. The number of rotatable bonds is 4. The lowest BCUT2D eigenvalue weighted by molar-refractivity contribution is 0.357. The van der Waals surface area contributed by atoms with E-state index in [2.05, 4.69) is 25.2 Å². The van der Waals surface area contributed by atoms with Gasteiger partial charge in [-0.25, -0.2) is 4.39 Å². The molecule has 2 nitrogen and oxygen atoms in total. The molecule has 1 N–H and O–H groups in total. The van der Waals surface area contributed by atoms with E-state index in [-0.39, 0.29) is 5.82 Å². The highest BCUT2D eigenvalue weighted by Gasteiger charge is 2.13. The normalized spacial score (nSPS) is 13.3. The summed E-state index contributed by atoms with van der Waals surface area (Å²) in [6.07, 6.45) is 0.933. The Labute approximate surface area is 125 Å². The van der Waals surface area contributed by atoms with Crippen molar-refractivity contribution < 1.29 is 9.13 Å². The van der Waals surface area contributed by atoms with Crippen LogP contribution in [-0.4, -0.2) is 12.6 Å². The van der Waals surface area contributed by atoms with Crippen molar-refractivity contribution in [3.8, 4) is 16.9 Å². The molecule has 0 aromatic heterocycles. The minimum atomic E-state index is -0.155. The average molecular weight is 285 g/mol. The molecule has 0 atom stereocenters. The molecule has 0 radical (unpaired) electrons. The second-order valence-corrected chi connectivity index (χ2v) is 5.76. The lowest BCUT2D eigenvalue weighted by Crippen LogP contribution is -2.22. The van der Waals surface area contributed by atoms with Crippen molar-refractivity contribution in [3.63, 3.8) is 0 Å². The SMILES string of the molecule is CC(C)NCc1ccc(-c2ccc3c(c2)CCO3)cc1F. The number of hydrogen-bond acceptors (Lipinski definition) is 2. The zero-order chi connectivity index (χ0) is 14.8. The molecular weight excluding hydrogens is 265 g/mol. The molecule has 1 heterocycles. The summed E-state index contributed by atoms with van der Waals surface area (Å²) in [5, 5.41) is 3.24. The molecule has 2 aromatic carbocycles. The van der Waals surface area contributed by atoms with Gasteiger partial charge in [0.15, 0.2) is 0 Å². The van der Waals surface area contributed by atoms with Crippen molar-refractivity contribution in [2.75, 3.05) is 6.61 Å². The van der Waals surface area contributed by atoms with Gasteiger partial charge in [-0.05, 0) is 34.9 Å². The van der Waals surface area contributed by atoms with Crippen LogP contribution in [0.2, 0.25) is 0 Å². The number of ether oxygens (including phenoxy) is 1. The predicted octanol–water partition coefficient (Wildman–Crippen LogP) is 3.93. The first-order chi connectivity index (χ1) is 10.1. The van der Waals surface area contributed by atoms with E-state index in [4.69, 9.17) is 4.74 Å². The van der Waals surface area contributed by atoms with Gasteiger partial charge in [0.1, 0.15) is 11.6 Å². The van der Waals surface area contributed by atoms with Crippen molar-refractivity contribution in [2.45, 2.75) is 32.9 Å². The van der Waals surface area contributed by atoms with E-state index in [0.717, 1.165) is 29.9 Å². The van der Waals surface area contributed by atoms with Gasteiger partial charge in [0.05, 0.1) is 6.61 Å². The fraction of sp³-hybridized carbons (Fsp3) is 0.333. The maximum Gasteiger partial charge on any atom is 0.128 e. The number of halogens is 1. The van der Waals surface area contributed by atoms with Crippen LogP contribution in [0.1, 0.15) is 25.0 Å². The van der Waals surface area contributed by atoms with Gasteiger partial charge in [-0.15, -0.1) is 0 Å². The van der Waals surface area contributed by atoms with Crippen LogP contribution in [0.5, 0.6) is 5.75 Å². The Morgan fingerprint density at radius 1 is 1.14 bits per heavy atom. The molecule has 3 rings (SSSR count). The van der Waals surface area contributed by atoms with Crippen molar-refractivity contribution in [2.24, 2.45) is 0 Å². The lowest BCUT2D eigenvalue weighted by Gasteiger charge is -2.10. The smallest absolute Gasteiger partial charge is 0.128 e. The molecule has 3 heteroatoms. The second-order valence-electron chi connectivity index (χ2n) is 5.76. The molecule has 0 unspecified atom stereocenters. The summed E-state index contributed by atoms with van der Waals surface area (Å²) in [7, 11) is 0. The maximum atomic E-state index is 14.2. The van der Waals surface area contributed by atoms with Crippen LogP contribution in [-0.2, 0) is 13.0 Å². The number of fused-ring (bicyclic) bond motifs is 1. The van der Waals surface area contributed by atoms with E-state index in [9.17, 15) is 4.39 Å². The maximum absolute atomic E-state index is 14.2. The second kappa shape index (κ2) is 5.86. The first-order valence-electron chi connectivity index (χ1n) is 7.41. The topological polar surface area (TPSA) is 21.3 Å². The van der Waals surface area contributed by atoms with Crippen LogP contribution in [0.4, 0.5) is 4.39 Å². The summed E-state index contributed by atoms with van der Waals surface area (Å²) in [6, 6.07) is 11.9. The Bertz CT molecular complexity index is 652. The highest BCUT2D eigenvalue weighted by Crippen LogP contribution is 2.31. The summed E-state index contributed by atoms with van der Waals surface area (Å²) in [5.74, 6) is 0.800. The zero-order valence-corrected chi connectivity index (χ0v) is 12.4. The minimum absolute atomic E-state index is 0.155. The minimum Gasteiger partial charge on any atom is -0.493 e. The van der Waals surface area contributed by atoms with Gasteiger partial charge in [0.2, 0.25) is 0 Å². The van der Waals surface area contributed by atoms with E-state index in [1.807, 2.05) is 24.3 Å². The average Bonchev–Trinajstić information content (AvgIpc) is 2.93. The van der Waals surface area contributed by atoms with Gasteiger partial charge in [0, 0.05) is 24.6 Å². The van der Waals surface area contributed by atoms with Crippen molar-refractivity contribution in [1.29, 1.82) is 0 Å². The van der Waals surface area contributed by atoms with Crippen LogP contribution < -0.4 is 10.1 Å². The standard InChI is InChI=1S/C18H20FNO/c1-12(2)20-11-16-4-3-14(10-17(16)19)13-5-6-18-15(9-13)7-8-21-18/h3-6,9-10,12,20H,7-8,11H2,1-2H3. The number of hydrogen-bond donors (Lipinski definition) is 1. The molecular formula is C18H20FNO. The predicted molar refractivity (Wildman–Crippen MR) is 83.0 cm³/mol. The molecule has 0 fully saturated rings. The van der Waals surface area contributed by atoms with Crippen LogP contribution in [0, 0.1) is 5.82 Å². The molecule has 0 spiro atoms. The number of benzene rings is 2. The van der Waals surface area contributed by atoms with Crippen molar-refractivity contribution in [3.05, 3.63) is 53.3 Å². The molecule has 0 bridgehead atoms. The molecule has 0 saturated heterocycles. The van der Waals surface area contributed by atoms with Gasteiger partial charge >= 0.3 is 0 Å². The third-order valence-corrected chi connectivity index (χ3v) is 3.78. The first kappa shape index (κ1) is 14.1.